The standard InChI is InChI=1S/C21H29ClN4O3S2/c1-3-26(4-2)31(28,29)17-9-10-19(22)18(13-17)20(27)24-21-23-16(15-30-21)14-25-11-7-5-6-8-12-25/h9-10,13,15H,3-8,11-12,14H2,1-2H3,(H,23,24,27). The summed E-state index contributed by atoms with van der Waals surface area (Å²) in [7, 11) is -3.69. The first kappa shape index (κ1) is 24.1. The Bertz CT molecular complexity index is 998. The quantitative estimate of drug-likeness (QED) is 0.598. The van der Waals surface area contributed by atoms with Gasteiger partial charge in [0.2, 0.25) is 10.0 Å². The fraction of sp³-hybridized carbons (Fsp3) is 0.524. The molecule has 1 aromatic carbocycles. The van der Waals surface area contributed by atoms with Crippen LogP contribution in [-0.4, -0.2) is 54.7 Å². The van der Waals surface area contributed by atoms with Crippen molar-refractivity contribution in [3.63, 3.8) is 0 Å². The van der Waals surface area contributed by atoms with Crippen molar-refractivity contribution in [3.05, 3.63) is 39.9 Å². The van der Waals surface area contributed by atoms with Crippen molar-refractivity contribution in [2.24, 2.45) is 0 Å². The SMILES string of the molecule is CCN(CC)S(=O)(=O)c1ccc(Cl)c(C(=O)Nc2nc(CN3CCCCCC3)cs2)c1. The van der Waals surface area contributed by atoms with Gasteiger partial charge in [-0.1, -0.05) is 38.3 Å². The maximum absolute atomic E-state index is 12.8. The zero-order valence-electron chi connectivity index (χ0n) is 17.9. The third-order valence-corrected chi connectivity index (χ3v) is 8.56. The van der Waals surface area contributed by atoms with E-state index in [4.69, 9.17) is 11.6 Å². The summed E-state index contributed by atoms with van der Waals surface area (Å²) >= 11 is 7.57. The Hall–Kier alpha value is -1.52. The summed E-state index contributed by atoms with van der Waals surface area (Å²) in [6, 6.07) is 4.20. The summed E-state index contributed by atoms with van der Waals surface area (Å²) < 4.78 is 26.9. The first-order valence-corrected chi connectivity index (χ1v) is 13.3. The fourth-order valence-electron chi connectivity index (χ4n) is 3.68. The van der Waals surface area contributed by atoms with Crippen LogP contribution in [-0.2, 0) is 16.6 Å². The second kappa shape index (κ2) is 10.9. The highest BCUT2D eigenvalue weighted by molar-refractivity contribution is 7.89. The number of anilines is 1. The number of carbonyl (C=O) groups is 1. The van der Waals surface area contributed by atoms with Crippen LogP contribution in [0.25, 0.3) is 0 Å². The monoisotopic (exact) mass is 484 g/mol. The van der Waals surface area contributed by atoms with E-state index in [1.54, 1.807) is 13.8 Å². The van der Waals surface area contributed by atoms with Crippen molar-refractivity contribution in [1.82, 2.24) is 14.2 Å². The van der Waals surface area contributed by atoms with Crippen molar-refractivity contribution < 1.29 is 13.2 Å². The molecule has 7 nitrogen and oxygen atoms in total. The Kier molecular flexibility index (Phi) is 8.46. The fourth-order valence-corrected chi connectivity index (χ4v) is 6.06. The summed E-state index contributed by atoms with van der Waals surface area (Å²) in [6.45, 7) is 7.16. The number of rotatable bonds is 8. The molecule has 2 heterocycles. The predicted octanol–water partition coefficient (Wildman–Crippen LogP) is 4.46. The summed E-state index contributed by atoms with van der Waals surface area (Å²) in [6.07, 6.45) is 4.97. The number of hydrogen-bond acceptors (Lipinski definition) is 6. The van der Waals surface area contributed by atoms with Gasteiger partial charge >= 0.3 is 0 Å². The van der Waals surface area contributed by atoms with Gasteiger partial charge in [-0.3, -0.25) is 15.0 Å². The van der Waals surface area contributed by atoms with Crippen LogP contribution in [0, 0.1) is 0 Å². The van der Waals surface area contributed by atoms with Crippen LogP contribution >= 0.6 is 22.9 Å². The van der Waals surface area contributed by atoms with Gasteiger partial charge in [-0.25, -0.2) is 13.4 Å². The van der Waals surface area contributed by atoms with Crippen LogP contribution in [0.2, 0.25) is 5.02 Å². The van der Waals surface area contributed by atoms with Crippen LogP contribution in [0.4, 0.5) is 5.13 Å². The van der Waals surface area contributed by atoms with E-state index in [0.29, 0.717) is 18.2 Å². The van der Waals surface area contributed by atoms with Crippen molar-refractivity contribution in [2.45, 2.75) is 51.0 Å². The first-order chi connectivity index (χ1) is 14.8. The number of benzene rings is 1. The molecule has 0 saturated carbocycles. The molecule has 1 N–H and O–H groups in total. The van der Waals surface area contributed by atoms with Gasteiger partial charge in [0.05, 0.1) is 21.2 Å². The van der Waals surface area contributed by atoms with Gasteiger partial charge in [0, 0.05) is 25.0 Å². The van der Waals surface area contributed by atoms with E-state index in [1.807, 2.05) is 5.38 Å². The molecule has 3 rings (SSSR count). The number of aromatic nitrogens is 1. The minimum atomic E-state index is -3.69. The molecule has 1 aromatic heterocycles. The molecule has 0 atom stereocenters. The average molecular weight is 485 g/mol. The highest BCUT2D eigenvalue weighted by Gasteiger charge is 2.24. The highest BCUT2D eigenvalue weighted by Crippen LogP contribution is 2.25. The molecule has 0 unspecified atom stereocenters. The number of sulfonamides is 1. The van der Waals surface area contributed by atoms with Gasteiger partial charge in [-0.05, 0) is 44.1 Å². The molecule has 1 saturated heterocycles. The van der Waals surface area contributed by atoms with E-state index < -0.39 is 15.9 Å². The van der Waals surface area contributed by atoms with Crippen molar-refractivity contribution >= 4 is 44.0 Å². The van der Waals surface area contributed by atoms with Gasteiger partial charge < -0.3 is 0 Å². The van der Waals surface area contributed by atoms with Crippen molar-refractivity contribution in [3.8, 4) is 0 Å². The molecule has 10 heteroatoms. The summed E-state index contributed by atoms with van der Waals surface area (Å²) in [5.74, 6) is -0.475. The lowest BCUT2D eigenvalue weighted by Gasteiger charge is -2.19. The Morgan fingerprint density at radius 2 is 1.87 bits per heavy atom. The Morgan fingerprint density at radius 1 is 1.19 bits per heavy atom. The van der Waals surface area contributed by atoms with Gasteiger partial charge in [-0.2, -0.15) is 4.31 Å². The van der Waals surface area contributed by atoms with E-state index in [0.717, 1.165) is 25.3 Å². The zero-order valence-corrected chi connectivity index (χ0v) is 20.3. The molecule has 0 bridgehead atoms. The number of halogens is 1. The van der Waals surface area contributed by atoms with E-state index in [9.17, 15) is 13.2 Å². The van der Waals surface area contributed by atoms with Gasteiger partial charge in [-0.15, -0.1) is 11.3 Å². The largest absolute Gasteiger partial charge is 0.298 e. The van der Waals surface area contributed by atoms with Crippen molar-refractivity contribution in [1.29, 1.82) is 0 Å². The molecule has 2 aromatic rings. The summed E-state index contributed by atoms with van der Waals surface area (Å²) in [5.41, 5.74) is 1.03. The van der Waals surface area contributed by atoms with Gasteiger partial charge in [0.1, 0.15) is 0 Å². The Morgan fingerprint density at radius 3 is 2.52 bits per heavy atom. The van der Waals surface area contributed by atoms with Crippen LogP contribution < -0.4 is 5.32 Å². The zero-order chi connectivity index (χ0) is 22.4. The average Bonchev–Trinajstić information content (AvgIpc) is 3.01. The number of amides is 1. The molecule has 0 spiro atoms. The van der Waals surface area contributed by atoms with Gasteiger partial charge in [0.15, 0.2) is 5.13 Å². The third-order valence-electron chi connectivity index (χ3n) is 5.38. The number of hydrogen-bond donors (Lipinski definition) is 1. The maximum atomic E-state index is 12.8. The Balaban J connectivity index is 1.73. The third kappa shape index (κ3) is 6.04. The Labute approximate surface area is 193 Å². The molecule has 1 fully saturated rings. The topological polar surface area (TPSA) is 82.6 Å². The minimum Gasteiger partial charge on any atom is -0.298 e. The minimum absolute atomic E-state index is 0.0479. The lowest BCUT2D eigenvalue weighted by Crippen LogP contribution is -2.30. The number of carbonyl (C=O) groups excluding carboxylic acids is 1. The molecule has 170 valence electrons. The van der Waals surface area contributed by atoms with E-state index >= 15 is 0 Å². The van der Waals surface area contributed by atoms with Gasteiger partial charge in [0.25, 0.3) is 5.91 Å². The van der Waals surface area contributed by atoms with Crippen LogP contribution in [0.15, 0.2) is 28.5 Å². The molecule has 31 heavy (non-hydrogen) atoms. The second-order valence-electron chi connectivity index (χ2n) is 7.52. The molecule has 1 aliphatic rings. The number of nitrogens with one attached hydrogen (secondary N) is 1. The van der Waals surface area contributed by atoms with Crippen molar-refractivity contribution in [2.75, 3.05) is 31.5 Å². The van der Waals surface area contributed by atoms with Crippen LogP contribution in [0.3, 0.4) is 0 Å². The lowest BCUT2D eigenvalue weighted by molar-refractivity contribution is 0.102. The second-order valence-corrected chi connectivity index (χ2v) is 10.7. The molecule has 0 aliphatic carbocycles. The number of likely N-dealkylation sites (tertiary alicyclic amines) is 1. The molecule has 0 radical (unpaired) electrons. The lowest BCUT2D eigenvalue weighted by atomic mass is 10.2. The smallest absolute Gasteiger partial charge is 0.259 e. The molecular weight excluding hydrogens is 456 g/mol. The van der Waals surface area contributed by atoms with E-state index in [-0.39, 0.29) is 15.5 Å². The molecule has 1 aliphatic heterocycles. The normalized spacial score (nSPS) is 15.7. The maximum Gasteiger partial charge on any atom is 0.259 e. The van der Waals surface area contributed by atoms with E-state index in [2.05, 4.69) is 15.2 Å². The first-order valence-electron chi connectivity index (χ1n) is 10.6. The summed E-state index contributed by atoms with van der Waals surface area (Å²) in [4.78, 5) is 19.8. The van der Waals surface area contributed by atoms with Crippen LogP contribution in [0.1, 0.15) is 55.6 Å². The molecule has 1 amide bonds. The highest BCUT2D eigenvalue weighted by atomic mass is 35.5. The number of nitrogens with zero attached hydrogens (tertiary/aromatic N) is 3. The van der Waals surface area contributed by atoms with E-state index in [1.165, 1.54) is 59.5 Å². The molecular formula is C21H29ClN4O3S2. The number of thiazole rings is 1. The van der Waals surface area contributed by atoms with Crippen LogP contribution in [0.5, 0.6) is 0 Å². The predicted molar refractivity (Wildman–Crippen MR) is 125 cm³/mol. The summed E-state index contributed by atoms with van der Waals surface area (Å²) in [5, 5.41) is 5.38.